The lowest BCUT2D eigenvalue weighted by Gasteiger charge is -2.14. The van der Waals surface area contributed by atoms with Crippen molar-refractivity contribution in [3.05, 3.63) is 60.0 Å². The molecule has 120 valence electrons. The van der Waals surface area contributed by atoms with E-state index in [1.807, 2.05) is 35.1 Å². The minimum Gasteiger partial charge on any atom is -0.497 e. The first kappa shape index (κ1) is 14.5. The predicted molar refractivity (Wildman–Crippen MR) is 96.2 cm³/mol. The van der Waals surface area contributed by atoms with Crippen LogP contribution in [0, 0.1) is 13.8 Å². The molecule has 5 heteroatoms. The quantitative estimate of drug-likeness (QED) is 0.613. The van der Waals surface area contributed by atoms with Crippen LogP contribution in [0.25, 0.3) is 16.6 Å². The average Bonchev–Trinajstić information content (AvgIpc) is 3.07. The van der Waals surface area contributed by atoms with Gasteiger partial charge in [-0.05, 0) is 37.1 Å². The van der Waals surface area contributed by atoms with Gasteiger partial charge in [-0.15, -0.1) is 0 Å². The maximum atomic E-state index is 5.33. The zero-order chi connectivity index (χ0) is 16.7. The Morgan fingerprint density at radius 2 is 1.83 bits per heavy atom. The van der Waals surface area contributed by atoms with Crippen molar-refractivity contribution in [3.63, 3.8) is 0 Å². The number of hydrogen-bond acceptors (Lipinski definition) is 4. The molecule has 0 spiro atoms. The summed E-state index contributed by atoms with van der Waals surface area (Å²) in [6.07, 6.45) is 3.63. The highest BCUT2D eigenvalue weighted by Gasteiger charge is 2.11. The summed E-state index contributed by atoms with van der Waals surface area (Å²) < 4.78 is 7.37. The highest BCUT2D eigenvalue weighted by atomic mass is 16.5. The maximum absolute atomic E-state index is 5.33. The molecule has 0 bridgehead atoms. The summed E-state index contributed by atoms with van der Waals surface area (Å²) in [4.78, 5) is 9.10. The van der Waals surface area contributed by atoms with Crippen molar-refractivity contribution in [2.45, 2.75) is 13.8 Å². The van der Waals surface area contributed by atoms with E-state index >= 15 is 0 Å². The van der Waals surface area contributed by atoms with Crippen LogP contribution >= 0.6 is 0 Å². The van der Waals surface area contributed by atoms with Crippen molar-refractivity contribution in [1.29, 1.82) is 0 Å². The summed E-state index contributed by atoms with van der Waals surface area (Å²) >= 11 is 0. The van der Waals surface area contributed by atoms with E-state index in [-0.39, 0.29) is 0 Å². The lowest BCUT2D eigenvalue weighted by molar-refractivity contribution is 0.415. The van der Waals surface area contributed by atoms with Gasteiger partial charge in [-0.25, -0.2) is 9.97 Å². The Labute approximate surface area is 139 Å². The van der Waals surface area contributed by atoms with Crippen LogP contribution in [0.2, 0.25) is 0 Å². The Bertz CT molecular complexity index is 1030. The summed E-state index contributed by atoms with van der Waals surface area (Å²) in [7, 11) is 1.66. The lowest BCUT2D eigenvalue weighted by atomic mass is 10.1. The molecule has 0 atom stereocenters. The topological polar surface area (TPSA) is 51.5 Å². The van der Waals surface area contributed by atoms with Crippen molar-refractivity contribution in [1.82, 2.24) is 14.4 Å². The zero-order valence-electron chi connectivity index (χ0n) is 13.9. The van der Waals surface area contributed by atoms with E-state index in [1.54, 1.807) is 7.11 Å². The van der Waals surface area contributed by atoms with Crippen molar-refractivity contribution in [2.24, 2.45) is 0 Å². The summed E-state index contributed by atoms with van der Waals surface area (Å²) in [6, 6.07) is 12.1. The zero-order valence-corrected chi connectivity index (χ0v) is 13.9. The molecule has 4 aromatic rings. The Balaban J connectivity index is 1.94. The van der Waals surface area contributed by atoms with Crippen LogP contribution < -0.4 is 10.1 Å². The highest BCUT2D eigenvalue weighted by Crippen LogP contribution is 2.29. The number of methoxy groups -OCH3 is 1. The van der Waals surface area contributed by atoms with Gasteiger partial charge in [-0.3, -0.25) is 4.40 Å². The molecule has 4 rings (SSSR count). The fourth-order valence-corrected chi connectivity index (χ4v) is 2.99. The van der Waals surface area contributed by atoms with Crippen LogP contribution in [0.3, 0.4) is 0 Å². The fraction of sp³-hybridized carbons (Fsp3) is 0.158. The van der Waals surface area contributed by atoms with E-state index in [2.05, 4.69) is 42.3 Å². The minimum absolute atomic E-state index is 0.783. The van der Waals surface area contributed by atoms with Crippen LogP contribution in [0.4, 0.5) is 11.5 Å². The van der Waals surface area contributed by atoms with Gasteiger partial charge in [0.1, 0.15) is 11.3 Å². The summed E-state index contributed by atoms with van der Waals surface area (Å²) in [5.41, 5.74) is 6.23. The minimum atomic E-state index is 0.783. The summed E-state index contributed by atoms with van der Waals surface area (Å²) in [5.74, 6) is 1.57. The predicted octanol–water partition coefficient (Wildman–Crippen LogP) is 4.25. The molecule has 5 nitrogen and oxygen atoms in total. The Kier molecular flexibility index (Phi) is 3.34. The SMILES string of the molecule is COc1ccc2c(c1)nc(Nc1c(C)cccc1C)c1cncn12. The third-order valence-electron chi connectivity index (χ3n) is 4.28. The molecule has 0 radical (unpaired) electrons. The normalized spacial score (nSPS) is 11.1. The number of para-hydroxylation sites is 1. The molecule has 0 aliphatic rings. The summed E-state index contributed by atoms with van der Waals surface area (Å²) in [6.45, 7) is 4.18. The number of anilines is 2. The number of hydrogen-bond donors (Lipinski definition) is 1. The molecule has 0 saturated heterocycles. The van der Waals surface area contributed by atoms with Gasteiger partial charge in [0, 0.05) is 11.8 Å². The number of fused-ring (bicyclic) bond motifs is 3. The molecule has 2 heterocycles. The first-order chi connectivity index (χ1) is 11.7. The maximum Gasteiger partial charge on any atom is 0.157 e. The molecular weight excluding hydrogens is 300 g/mol. The van der Waals surface area contributed by atoms with Gasteiger partial charge in [0.2, 0.25) is 0 Å². The molecule has 0 amide bonds. The molecule has 0 aliphatic carbocycles. The first-order valence-electron chi connectivity index (χ1n) is 7.80. The molecule has 2 aromatic heterocycles. The van der Waals surface area contributed by atoms with Crippen LogP contribution in [-0.2, 0) is 0 Å². The van der Waals surface area contributed by atoms with Gasteiger partial charge in [0.05, 0.1) is 30.7 Å². The number of ether oxygens (including phenoxy) is 1. The summed E-state index contributed by atoms with van der Waals surface area (Å²) in [5, 5.41) is 3.49. The first-order valence-corrected chi connectivity index (χ1v) is 7.80. The van der Waals surface area contributed by atoms with Gasteiger partial charge in [-0.2, -0.15) is 0 Å². The van der Waals surface area contributed by atoms with Crippen LogP contribution in [0.5, 0.6) is 5.75 Å². The van der Waals surface area contributed by atoms with Crippen LogP contribution in [0.15, 0.2) is 48.9 Å². The molecule has 24 heavy (non-hydrogen) atoms. The van der Waals surface area contributed by atoms with Gasteiger partial charge >= 0.3 is 0 Å². The molecule has 0 fully saturated rings. The van der Waals surface area contributed by atoms with Crippen molar-refractivity contribution in [2.75, 3.05) is 12.4 Å². The molecule has 1 N–H and O–H groups in total. The monoisotopic (exact) mass is 318 g/mol. The number of benzene rings is 2. The number of nitrogens with zero attached hydrogens (tertiary/aromatic N) is 3. The second-order valence-corrected chi connectivity index (χ2v) is 5.86. The fourth-order valence-electron chi connectivity index (χ4n) is 2.99. The van der Waals surface area contributed by atoms with Crippen LogP contribution in [0.1, 0.15) is 11.1 Å². The molecular formula is C19H18N4O. The third-order valence-corrected chi connectivity index (χ3v) is 4.28. The number of rotatable bonds is 3. The van der Waals surface area contributed by atoms with Gasteiger partial charge in [-0.1, -0.05) is 18.2 Å². The van der Waals surface area contributed by atoms with E-state index in [0.29, 0.717) is 0 Å². The largest absolute Gasteiger partial charge is 0.497 e. The van der Waals surface area contributed by atoms with Gasteiger partial charge < -0.3 is 10.1 Å². The van der Waals surface area contributed by atoms with E-state index in [4.69, 9.17) is 9.72 Å². The van der Waals surface area contributed by atoms with Gasteiger partial charge in [0.25, 0.3) is 0 Å². The molecule has 2 aromatic carbocycles. The van der Waals surface area contributed by atoms with E-state index in [9.17, 15) is 0 Å². The average molecular weight is 318 g/mol. The Morgan fingerprint density at radius 3 is 2.58 bits per heavy atom. The number of aromatic nitrogens is 3. The Morgan fingerprint density at radius 1 is 1.04 bits per heavy atom. The van der Waals surface area contributed by atoms with E-state index in [0.717, 1.165) is 33.8 Å². The van der Waals surface area contributed by atoms with Gasteiger partial charge in [0.15, 0.2) is 5.82 Å². The second kappa shape index (κ2) is 5.53. The van der Waals surface area contributed by atoms with Crippen LogP contribution in [-0.4, -0.2) is 21.5 Å². The number of imidazole rings is 1. The lowest BCUT2D eigenvalue weighted by Crippen LogP contribution is -2.02. The van der Waals surface area contributed by atoms with Crippen molar-refractivity contribution in [3.8, 4) is 5.75 Å². The van der Waals surface area contributed by atoms with E-state index < -0.39 is 0 Å². The molecule has 0 saturated carbocycles. The van der Waals surface area contributed by atoms with Crippen molar-refractivity contribution < 1.29 is 4.74 Å². The standard InChI is InChI=1S/C19H18N4O/c1-12-5-4-6-13(2)18(12)22-19-17-10-20-11-23(17)16-8-7-14(24-3)9-15(16)21-19/h4-11H,1-3H3,(H,21,22). The smallest absolute Gasteiger partial charge is 0.157 e. The number of nitrogens with one attached hydrogen (secondary N) is 1. The number of aryl methyl sites for hydroxylation is 2. The van der Waals surface area contributed by atoms with Crippen molar-refractivity contribution >= 4 is 28.1 Å². The molecule has 0 aliphatic heterocycles. The second-order valence-electron chi connectivity index (χ2n) is 5.86. The Hall–Kier alpha value is -3.08. The highest BCUT2D eigenvalue weighted by molar-refractivity contribution is 5.87. The third kappa shape index (κ3) is 2.25. The van der Waals surface area contributed by atoms with E-state index in [1.165, 1.54) is 11.1 Å². The molecule has 0 unspecified atom stereocenters.